The predicted octanol–water partition coefficient (Wildman–Crippen LogP) is 4.16. The van der Waals surface area contributed by atoms with Crippen LogP contribution in [0.2, 0.25) is 5.02 Å². The zero-order valence-electron chi connectivity index (χ0n) is 12.3. The van der Waals surface area contributed by atoms with Crippen molar-refractivity contribution in [1.82, 2.24) is 5.32 Å². The lowest BCUT2D eigenvalue weighted by Gasteiger charge is -2.07. The van der Waals surface area contributed by atoms with E-state index >= 15 is 0 Å². The number of carbonyl (C=O) groups excluding carboxylic acids is 1. The fourth-order valence-corrected chi connectivity index (χ4v) is 2.48. The van der Waals surface area contributed by atoms with E-state index in [9.17, 15) is 9.18 Å². The fraction of sp³-hybridized carbons (Fsp3) is 0.278. The van der Waals surface area contributed by atoms with E-state index < -0.39 is 0 Å². The SMILES string of the molecule is O=C(CCc1ccccc1F)NCCCc1ccccc1Cl. The molecule has 22 heavy (non-hydrogen) atoms. The van der Waals surface area contributed by atoms with E-state index in [0.29, 0.717) is 24.9 Å². The molecule has 0 bridgehead atoms. The molecule has 0 aliphatic rings. The smallest absolute Gasteiger partial charge is 0.220 e. The third-order valence-corrected chi connectivity index (χ3v) is 3.85. The summed E-state index contributed by atoms with van der Waals surface area (Å²) >= 11 is 6.08. The minimum absolute atomic E-state index is 0.0533. The van der Waals surface area contributed by atoms with Crippen LogP contribution in [0.5, 0.6) is 0 Å². The van der Waals surface area contributed by atoms with Crippen molar-refractivity contribution >= 4 is 17.5 Å². The molecule has 1 N–H and O–H groups in total. The molecule has 0 fully saturated rings. The van der Waals surface area contributed by atoms with Gasteiger partial charge in [-0.25, -0.2) is 4.39 Å². The molecule has 1 amide bonds. The second-order valence-corrected chi connectivity index (χ2v) is 5.54. The molecule has 2 nitrogen and oxygen atoms in total. The van der Waals surface area contributed by atoms with Gasteiger partial charge in [-0.2, -0.15) is 0 Å². The van der Waals surface area contributed by atoms with E-state index in [1.807, 2.05) is 24.3 Å². The number of aryl methyl sites for hydroxylation is 2. The highest BCUT2D eigenvalue weighted by atomic mass is 35.5. The third kappa shape index (κ3) is 5.15. The lowest BCUT2D eigenvalue weighted by atomic mass is 10.1. The van der Waals surface area contributed by atoms with Gasteiger partial charge in [0.05, 0.1) is 0 Å². The summed E-state index contributed by atoms with van der Waals surface area (Å²) in [4.78, 5) is 11.7. The highest BCUT2D eigenvalue weighted by Gasteiger charge is 2.05. The maximum Gasteiger partial charge on any atom is 0.220 e. The van der Waals surface area contributed by atoms with Gasteiger partial charge < -0.3 is 5.32 Å². The van der Waals surface area contributed by atoms with Crippen LogP contribution in [0.15, 0.2) is 48.5 Å². The quantitative estimate of drug-likeness (QED) is 0.763. The van der Waals surface area contributed by atoms with E-state index in [1.165, 1.54) is 6.07 Å². The maximum absolute atomic E-state index is 13.4. The van der Waals surface area contributed by atoms with Crippen molar-refractivity contribution in [2.24, 2.45) is 0 Å². The number of nitrogens with one attached hydrogen (secondary N) is 1. The largest absolute Gasteiger partial charge is 0.356 e. The molecular formula is C18H19ClFNO. The van der Waals surface area contributed by atoms with Crippen LogP contribution >= 0.6 is 11.6 Å². The van der Waals surface area contributed by atoms with Crippen molar-refractivity contribution in [2.45, 2.75) is 25.7 Å². The first kappa shape index (κ1) is 16.5. The molecule has 2 aromatic rings. The summed E-state index contributed by atoms with van der Waals surface area (Å²) in [5.74, 6) is -0.309. The van der Waals surface area contributed by atoms with Gasteiger partial charge in [0.15, 0.2) is 0 Å². The van der Waals surface area contributed by atoms with Crippen molar-refractivity contribution in [3.8, 4) is 0 Å². The van der Waals surface area contributed by atoms with E-state index in [1.54, 1.807) is 18.2 Å². The van der Waals surface area contributed by atoms with Gasteiger partial charge >= 0.3 is 0 Å². The molecule has 0 heterocycles. The van der Waals surface area contributed by atoms with Gasteiger partial charge in [0.1, 0.15) is 5.82 Å². The first-order valence-corrected chi connectivity index (χ1v) is 7.78. The van der Waals surface area contributed by atoms with Crippen molar-refractivity contribution in [3.05, 3.63) is 70.5 Å². The van der Waals surface area contributed by atoms with Gasteiger partial charge in [0.25, 0.3) is 0 Å². The van der Waals surface area contributed by atoms with Crippen LogP contribution in [-0.4, -0.2) is 12.5 Å². The Kier molecular flexibility index (Phi) is 6.41. The fourth-order valence-electron chi connectivity index (χ4n) is 2.25. The van der Waals surface area contributed by atoms with Crippen LogP contribution in [-0.2, 0) is 17.6 Å². The third-order valence-electron chi connectivity index (χ3n) is 3.48. The lowest BCUT2D eigenvalue weighted by molar-refractivity contribution is -0.121. The Morgan fingerprint density at radius 3 is 2.41 bits per heavy atom. The number of hydrogen-bond acceptors (Lipinski definition) is 1. The zero-order valence-corrected chi connectivity index (χ0v) is 13.1. The molecule has 0 aliphatic heterocycles. The van der Waals surface area contributed by atoms with Crippen LogP contribution in [0.1, 0.15) is 24.0 Å². The summed E-state index contributed by atoms with van der Waals surface area (Å²) < 4.78 is 13.4. The molecular weight excluding hydrogens is 301 g/mol. The number of benzene rings is 2. The summed E-state index contributed by atoms with van der Waals surface area (Å²) in [7, 11) is 0. The number of hydrogen-bond donors (Lipinski definition) is 1. The second-order valence-electron chi connectivity index (χ2n) is 5.14. The Morgan fingerprint density at radius 1 is 1.00 bits per heavy atom. The monoisotopic (exact) mass is 319 g/mol. The molecule has 2 rings (SSSR count). The summed E-state index contributed by atoms with van der Waals surface area (Å²) in [6.45, 7) is 0.599. The minimum atomic E-state index is -0.256. The van der Waals surface area contributed by atoms with Gasteiger partial charge in [0, 0.05) is 18.0 Å². The van der Waals surface area contributed by atoms with Crippen molar-refractivity contribution in [1.29, 1.82) is 0 Å². The summed E-state index contributed by atoms with van der Waals surface area (Å²) in [5, 5.41) is 3.62. The van der Waals surface area contributed by atoms with E-state index in [0.717, 1.165) is 23.4 Å². The maximum atomic E-state index is 13.4. The standard InChI is InChI=1S/C18H19ClFNO/c19-16-9-3-1-6-14(16)8-5-13-21-18(22)12-11-15-7-2-4-10-17(15)20/h1-4,6-7,9-10H,5,8,11-13H2,(H,21,22). The first-order valence-electron chi connectivity index (χ1n) is 7.40. The normalized spacial score (nSPS) is 10.5. The molecule has 0 saturated carbocycles. The summed E-state index contributed by atoms with van der Waals surface area (Å²) in [6, 6.07) is 14.3. The molecule has 0 spiro atoms. The molecule has 0 saturated heterocycles. The second kappa shape index (κ2) is 8.54. The number of amides is 1. The molecule has 0 aliphatic carbocycles. The van der Waals surface area contributed by atoms with Crippen molar-refractivity contribution in [3.63, 3.8) is 0 Å². The lowest BCUT2D eigenvalue weighted by Crippen LogP contribution is -2.25. The Bertz CT molecular complexity index is 630. The van der Waals surface area contributed by atoms with Gasteiger partial charge in [-0.1, -0.05) is 48.0 Å². The van der Waals surface area contributed by atoms with Gasteiger partial charge in [0.2, 0.25) is 5.91 Å². The Hall–Kier alpha value is -1.87. The van der Waals surface area contributed by atoms with Gasteiger partial charge in [-0.05, 0) is 42.5 Å². The molecule has 0 unspecified atom stereocenters. The Morgan fingerprint density at radius 2 is 1.68 bits per heavy atom. The van der Waals surface area contributed by atoms with Crippen LogP contribution in [0.25, 0.3) is 0 Å². The van der Waals surface area contributed by atoms with Crippen LogP contribution in [0.4, 0.5) is 4.39 Å². The molecule has 4 heteroatoms. The zero-order chi connectivity index (χ0) is 15.8. The number of carbonyl (C=O) groups is 1. The summed E-state index contributed by atoms with van der Waals surface area (Å²) in [6.07, 6.45) is 2.37. The number of rotatable bonds is 7. The topological polar surface area (TPSA) is 29.1 Å². The molecule has 0 atom stereocenters. The Labute approximate surface area is 135 Å². The summed E-state index contributed by atoms with van der Waals surface area (Å²) in [5.41, 5.74) is 1.67. The highest BCUT2D eigenvalue weighted by molar-refractivity contribution is 6.31. The van der Waals surface area contributed by atoms with E-state index in [4.69, 9.17) is 11.6 Å². The van der Waals surface area contributed by atoms with Crippen LogP contribution < -0.4 is 5.32 Å². The Balaban J connectivity index is 1.66. The van der Waals surface area contributed by atoms with Crippen molar-refractivity contribution in [2.75, 3.05) is 6.54 Å². The number of halogens is 2. The minimum Gasteiger partial charge on any atom is -0.356 e. The molecule has 2 aromatic carbocycles. The first-order chi connectivity index (χ1) is 10.7. The average Bonchev–Trinajstić information content (AvgIpc) is 2.52. The molecule has 0 radical (unpaired) electrons. The molecule has 116 valence electrons. The predicted molar refractivity (Wildman–Crippen MR) is 87.5 cm³/mol. The average molecular weight is 320 g/mol. The van der Waals surface area contributed by atoms with Gasteiger partial charge in [-0.3, -0.25) is 4.79 Å². The van der Waals surface area contributed by atoms with Gasteiger partial charge in [-0.15, -0.1) is 0 Å². The highest BCUT2D eigenvalue weighted by Crippen LogP contribution is 2.16. The van der Waals surface area contributed by atoms with Crippen molar-refractivity contribution < 1.29 is 9.18 Å². The van der Waals surface area contributed by atoms with Crippen LogP contribution in [0, 0.1) is 5.82 Å². The molecule has 0 aromatic heterocycles. The van der Waals surface area contributed by atoms with E-state index in [2.05, 4.69) is 5.32 Å². The van der Waals surface area contributed by atoms with E-state index in [-0.39, 0.29) is 11.7 Å². The van der Waals surface area contributed by atoms with Crippen LogP contribution in [0.3, 0.4) is 0 Å².